The van der Waals surface area contributed by atoms with Gasteiger partial charge in [0, 0.05) is 69.9 Å². The highest BCUT2D eigenvalue weighted by molar-refractivity contribution is 6.33. The molecule has 2 atom stereocenters. The highest BCUT2D eigenvalue weighted by atomic mass is 35.5. The van der Waals surface area contributed by atoms with Crippen molar-refractivity contribution in [2.24, 2.45) is 5.92 Å². The number of halogens is 1. The number of benzene rings is 3. The summed E-state index contributed by atoms with van der Waals surface area (Å²) in [6, 6.07) is 23.7. The molecule has 44 heavy (non-hydrogen) atoms. The Morgan fingerprint density at radius 1 is 1.00 bits per heavy atom. The number of nitro groups is 1. The molecule has 0 aliphatic carbocycles. The number of urea groups is 1. The van der Waals surface area contributed by atoms with Crippen molar-refractivity contribution in [3.05, 3.63) is 123 Å². The molecule has 0 radical (unpaired) electrons. The van der Waals surface area contributed by atoms with Crippen LogP contribution >= 0.6 is 11.6 Å². The Hall–Kier alpha value is -4.21. The number of carbonyl (C=O) groups excluding carboxylic acids is 2. The number of rotatable bonds is 10. The van der Waals surface area contributed by atoms with E-state index >= 15 is 0 Å². The van der Waals surface area contributed by atoms with Crippen molar-refractivity contribution >= 4 is 29.2 Å². The molecular weight excluding hydrogens is 578 g/mol. The van der Waals surface area contributed by atoms with Crippen molar-refractivity contribution in [3.8, 4) is 0 Å². The summed E-state index contributed by atoms with van der Waals surface area (Å²) in [6.45, 7) is 8.47. The van der Waals surface area contributed by atoms with Gasteiger partial charge in [-0.2, -0.15) is 0 Å². The maximum absolute atomic E-state index is 13.5. The molecule has 9 nitrogen and oxygen atoms in total. The summed E-state index contributed by atoms with van der Waals surface area (Å²) in [5.41, 5.74) is 2.59. The fourth-order valence-electron chi connectivity index (χ4n) is 6.40. The minimum atomic E-state index is -0.439. The fraction of sp³-hybridized carbons (Fsp3) is 0.353. The van der Waals surface area contributed by atoms with Crippen LogP contribution in [-0.4, -0.2) is 76.9 Å². The number of non-ortho nitro benzene ring substituents is 1. The largest absolute Gasteiger partial charge is 0.338 e. The van der Waals surface area contributed by atoms with E-state index in [4.69, 9.17) is 11.6 Å². The lowest BCUT2D eigenvalue weighted by molar-refractivity contribution is -0.384. The summed E-state index contributed by atoms with van der Waals surface area (Å²) >= 11 is 6.38. The zero-order chi connectivity index (χ0) is 31.1. The number of hydrogen-bond acceptors (Lipinski definition) is 5. The van der Waals surface area contributed by atoms with Gasteiger partial charge in [0.05, 0.1) is 15.5 Å². The van der Waals surface area contributed by atoms with E-state index in [9.17, 15) is 19.7 Å². The first-order valence-corrected chi connectivity index (χ1v) is 15.4. The number of likely N-dealkylation sites (tertiary alicyclic amines) is 2. The average molecular weight is 616 g/mol. The Morgan fingerprint density at radius 2 is 1.68 bits per heavy atom. The molecule has 2 heterocycles. The number of piperidine rings is 1. The van der Waals surface area contributed by atoms with Gasteiger partial charge < -0.3 is 20.0 Å². The summed E-state index contributed by atoms with van der Waals surface area (Å²) in [5.74, 6) is 0.468. The minimum Gasteiger partial charge on any atom is -0.338 e. The highest BCUT2D eigenvalue weighted by Crippen LogP contribution is 2.35. The summed E-state index contributed by atoms with van der Waals surface area (Å²) in [4.78, 5) is 43.4. The Bertz CT molecular complexity index is 1460. The van der Waals surface area contributed by atoms with Crippen LogP contribution in [0.25, 0.3) is 0 Å². The van der Waals surface area contributed by atoms with E-state index in [1.807, 2.05) is 28.0 Å². The van der Waals surface area contributed by atoms with E-state index in [0.29, 0.717) is 30.2 Å². The summed E-state index contributed by atoms with van der Waals surface area (Å²) in [7, 11) is 0. The predicted octanol–water partition coefficient (Wildman–Crippen LogP) is 5.97. The molecule has 2 aliphatic rings. The molecule has 10 heteroatoms. The molecule has 2 fully saturated rings. The zero-order valence-electron chi connectivity index (χ0n) is 24.7. The van der Waals surface area contributed by atoms with Crippen LogP contribution in [-0.2, 0) is 6.54 Å². The standard InChI is InChI=1S/C34H38ClN5O4/c1-2-18-39(34(42)36-21-25-12-14-29(15-13-25)40(43)44)28-16-19-37(20-17-28)22-27-23-38(24-31(27)26-8-4-3-5-9-26)33(41)30-10-6-7-11-32(30)35/h2-15,27-28,31H,1,16-24H2,(H,36,42)/t27?,31-/m0/s1. The Kier molecular flexibility index (Phi) is 10.3. The first kappa shape index (κ1) is 31.2. The number of nitrogens with one attached hydrogen (secondary N) is 1. The first-order valence-electron chi connectivity index (χ1n) is 15.0. The number of hydrogen-bond donors (Lipinski definition) is 1. The van der Waals surface area contributed by atoms with Crippen molar-refractivity contribution < 1.29 is 14.5 Å². The second kappa shape index (κ2) is 14.5. The summed E-state index contributed by atoms with van der Waals surface area (Å²) in [5, 5.41) is 14.4. The molecule has 230 valence electrons. The van der Waals surface area contributed by atoms with Gasteiger partial charge in [0.1, 0.15) is 0 Å². The fourth-order valence-corrected chi connectivity index (χ4v) is 6.62. The van der Waals surface area contributed by atoms with Crippen LogP contribution in [0.4, 0.5) is 10.5 Å². The van der Waals surface area contributed by atoms with E-state index < -0.39 is 4.92 Å². The summed E-state index contributed by atoms with van der Waals surface area (Å²) in [6.07, 6.45) is 3.42. The highest BCUT2D eigenvalue weighted by Gasteiger charge is 2.38. The topological polar surface area (TPSA) is 99.0 Å². The Balaban J connectivity index is 1.19. The van der Waals surface area contributed by atoms with Gasteiger partial charge in [0.25, 0.3) is 11.6 Å². The Morgan fingerprint density at radius 3 is 2.34 bits per heavy atom. The molecule has 3 aromatic carbocycles. The molecule has 3 aromatic rings. The van der Waals surface area contributed by atoms with E-state index in [-0.39, 0.29) is 42.0 Å². The van der Waals surface area contributed by atoms with Crippen LogP contribution in [0.2, 0.25) is 5.02 Å². The normalized spacial score (nSPS) is 19.0. The van der Waals surface area contributed by atoms with Crippen molar-refractivity contribution in [2.75, 3.05) is 39.3 Å². The average Bonchev–Trinajstić information content (AvgIpc) is 3.47. The number of amides is 3. The number of carbonyl (C=O) groups is 2. The molecule has 1 N–H and O–H groups in total. The van der Waals surface area contributed by atoms with Gasteiger partial charge in [-0.1, -0.05) is 72.3 Å². The molecule has 0 spiro atoms. The summed E-state index contributed by atoms with van der Waals surface area (Å²) < 4.78 is 0. The van der Waals surface area contributed by atoms with E-state index in [0.717, 1.165) is 38.0 Å². The molecule has 2 aliphatic heterocycles. The number of nitrogens with zero attached hydrogens (tertiary/aromatic N) is 4. The van der Waals surface area contributed by atoms with Crippen LogP contribution in [0.3, 0.4) is 0 Å². The Labute approximate surface area is 263 Å². The third-order valence-electron chi connectivity index (χ3n) is 8.73. The van der Waals surface area contributed by atoms with Crippen LogP contribution in [0.1, 0.15) is 40.2 Å². The molecule has 3 amide bonds. The lowest BCUT2D eigenvalue weighted by Gasteiger charge is -2.39. The van der Waals surface area contributed by atoms with Crippen molar-refractivity contribution in [2.45, 2.75) is 31.3 Å². The molecule has 0 aromatic heterocycles. The molecule has 0 saturated carbocycles. The second-order valence-electron chi connectivity index (χ2n) is 11.5. The van der Waals surface area contributed by atoms with Crippen LogP contribution in [0, 0.1) is 16.0 Å². The van der Waals surface area contributed by atoms with Crippen molar-refractivity contribution in [1.29, 1.82) is 0 Å². The first-order chi connectivity index (χ1) is 21.3. The predicted molar refractivity (Wildman–Crippen MR) is 172 cm³/mol. The molecule has 0 bridgehead atoms. The molecule has 5 rings (SSSR count). The van der Waals surface area contributed by atoms with Gasteiger partial charge in [-0.05, 0) is 42.0 Å². The third kappa shape index (κ3) is 7.46. The lowest BCUT2D eigenvalue weighted by Crippen LogP contribution is -2.51. The minimum absolute atomic E-state index is 0.0210. The molecule has 1 unspecified atom stereocenters. The molecule has 2 saturated heterocycles. The third-order valence-corrected chi connectivity index (χ3v) is 9.06. The van der Waals surface area contributed by atoms with Crippen LogP contribution in [0.5, 0.6) is 0 Å². The monoisotopic (exact) mass is 615 g/mol. The maximum atomic E-state index is 13.5. The van der Waals surface area contributed by atoms with Crippen LogP contribution < -0.4 is 5.32 Å². The molecular formula is C34H38ClN5O4. The SMILES string of the molecule is C=CCN(C(=O)NCc1ccc([N+](=O)[O-])cc1)C1CCN(CC2CN(C(=O)c3ccccc3Cl)C[C@H]2c2ccccc2)CC1. The maximum Gasteiger partial charge on any atom is 0.318 e. The van der Waals surface area contributed by atoms with Gasteiger partial charge in [-0.15, -0.1) is 6.58 Å². The van der Waals surface area contributed by atoms with E-state index in [2.05, 4.69) is 41.1 Å². The van der Waals surface area contributed by atoms with Crippen molar-refractivity contribution in [3.63, 3.8) is 0 Å². The zero-order valence-corrected chi connectivity index (χ0v) is 25.4. The van der Waals surface area contributed by atoms with E-state index in [1.165, 1.54) is 17.7 Å². The van der Waals surface area contributed by atoms with Gasteiger partial charge in [-0.3, -0.25) is 14.9 Å². The second-order valence-corrected chi connectivity index (χ2v) is 11.9. The van der Waals surface area contributed by atoms with Gasteiger partial charge in [-0.25, -0.2) is 4.79 Å². The van der Waals surface area contributed by atoms with Gasteiger partial charge >= 0.3 is 6.03 Å². The van der Waals surface area contributed by atoms with Gasteiger partial charge in [0.15, 0.2) is 0 Å². The van der Waals surface area contributed by atoms with Crippen molar-refractivity contribution in [1.82, 2.24) is 20.0 Å². The van der Waals surface area contributed by atoms with E-state index in [1.54, 1.807) is 30.3 Å². The quantitative estimate of drug-likeness (QED) is 0.172. The lowest BCUT2D eigenvalue weighted by atomic mass is 9.88. The van der Waals surface area contributed by atoms with Crippen LogP contribution in [0.15, 0.2) is 91.5 Å². The smallest absolute Gasteiger partial charge is 0.318 e. The van der Waals surface area contributed by atoms with Gasteiger partial charge in [0.2, 0.25) is 0 Å². The number of nitro benzene ring substituents is 1.